The number of rotatable bonds is 6. The first-order valence-corrected chi connectivity index (χ1v) is 8.70. The molecule has 8 nitrogen and oxygen atoms in total. The van der Waals surface area contributed by atoms with E-state index in [1.165, 1.54) is 22.9 Å². The van der Waals surface area contributed by atoms with Gasteiger partial charge in [0, 0.05) is 17.3 Å². The molecule has 1 aromatic heterocycles. The van der Waals surface area contributed by atoms with E-state index in [1.54, 1.807) is 37.4 Å². The molecule has 0 atom stereocenters. The van der Waals surface area contributed by atoms with Crippen LogP contribution < -0.4 is 10.1 Å². The van der Waals surface area contributed by atoms with Crippen LogP contribution in [-0.4, -0.2) is 20.6 Å². The number of aromatic nitrogens is 2. The molecule has 0 aliphatic heterocycles. The zero-order chi connectivity index (χ0) is 20.3. The van der Waals surface area contributed by atoms with Crippen molar-refractivity contribution in [3.8, 4) is 5.75 Å². The van der Waals surface area contributed by atoms with Crippen LogP contribution in [0.4, 0.5) is 11.4 Å². The molecule has 0 spiro atoms. The molecule has 9 heteroatoms. The lowest BCUT2D eigenvalue weighted by atomic mass is 10.2. The lowest BCUT2D eigenvalue weighted by molar-refractivity contribution is -0.384. The number of carbonyl (C=O) groups is 1. The van der Waals surface area contributed by atoms with Crippen LogP contribution in [0.5, 0.6) is 5.75 Å². The molecule has 0 aliphatic rings. The van der Waals surface area contributed by atoms with E-state index in [2.05, 4.69) is 10.4 Å². The second-order valence-electron chi connectivity index (χ2n) is 6.16. The Balaban J connectivity index is 1.68. The fourth-order valence-electron chi connectivity index (χ4n) is 2.55. The summed E-state index contributed by atoms with van der Waals surface area (Å²) in [5, 5.41) is 18.5. The normalized spacial score (nSPS) is 10.5. The largest absolute Gasteiger partial charge is 0.471 e. The number of hydrogen-bond donors (Lipinski definition) is 1. The van der Waals surface area contributed by atoms with Gasteiger partial charge < -0.3 is 10.1 Å². The minimum absolute atomic E-state index is 0.0977. The van der Waals surface area contributed by atoms with E-state index in [9.17, 15) is 14.9 Å². The van der Waals surface area contributed by atoms with Gasteiger partial charge >= 0.3 is 0 Å². The second kappa shape index (κ2) is 8.10. The highest BCUT2D eigenvalue weighted by molar-refractivity contribution is 6.30. The molecule has 2 aromatic carbocycles. The van der Waals surface area contributed by atoms with Crippen molar-refractivity contribution in [1.29, 1.82) is 0 Å². The van der Waals surface area contributed by atoms with E-state index in [-0.39, 0.29) is 23.8 Å². The Morgan fingerprint density at radius 3 is 2.75 bits per heavy atom. The Hall–Kier alpha value is -3.39. The van der Waals surface area contributed by atoms with Gasteiger partial charge in [-0.25, -0.2) is 4.68 Å². The predicted molar refractivity (Wildman–Crippen MR) is 105 cm³/mol. The maximum Gasteiger partial charge on any atom is 0.293 e. The molecule has 1 amide bonds. The van der Waals surface area contributed by atoms with E-state index in [1.807, 2.05) is 6.92 Å². The van der Waals surface area contributed by atoms with Gasteiger partial charge in [-0.15, -0.1) is 0 Å². The van der Waals surface area contributed by atoms with E-state index >= 15 is 0 Å². The zero-order valence-electron chi connectivity index (χ0n) is 15.2. The molecule has 0 bridgehead atoms. The summed E-state index contributed by atoms with van der Waals surface area (Å²) in [6.07, 6.45) is 1.59. The number of hydrogen-bond acceptors (Lipinski definition) is 5. The van der Waals surface area contributed by atoms with Crippen molar-refractivity contribution in [2.75, 3.05) is 5.32 Å². The fraction of sp³-hybridized carbons (Fsp3) is 0.158. The van der Waals surface area contributed by atoms with Crippen LogP contribution in [-0.2, 0) is 6.73 Å². The van der Waals surface area contributed by atoms with Gasteiger partial charge in [0.25, 0.3) is 11.6 Å². The molecule has 28 heavy (non-hydrogen) atoms. The average Bonchev–Trinajstić information content (AvgIpc) is 3.11. The van der Waals surface area contributed by atoms with Crippen molar-refractivity contribution in [3.05, 3.63) is 80.6 Å². The fourth-order valence-corrected chi connectivity index (χ4v) is 2.78. The van der Waals surface area contributed by atoms with Crippen LogP contribution >= 0.6 is 11.6 Å². The number of anilines is 1. The summed E-state index contributed by atoms with van der Waals surface area (Å²) in [5.41, 5.74) is 1.66. The molecule has 0 radical (unpaired) electrons. The van der Waals surface area contributed by atoms with E-state index in [0.29, 0.717) is 10.8 Å². The first-order chi connectivity index (χ1) is 13.3. The number of ether oxygens (including phenoxy) is 1. The third-order valence-electron chi connectivity index (χ3n) is 3.96. The van der Waals surface area contributed by atoms with E-state index in [4.69, 9.17) is 16.3 Å². The van der Waals surface area contributed by atoms with Crippen LogP contribution in [0.25, 0.3) is 0 Å². The van der Waals surface area contributed by atoms with Crippen molar-refractivity contribution >= 4 is 28.9 Å². The minimum Gasteiger partial charge on any atom is -0.471 e. The van der Waals surface area contributed by atoms with Gasteiger partial charge in [0.05, 0.1) is 4.92 Å². The number of nitro groups is 1. The smallest absolute Gasteiger partial charge is 0.293 e. The lowest BCUT2D eigenvalue weighted by Crippen LogP contribution is -2.15. The third kappa shape index (κ3) is 4.47. The standard InChI is InChI=1S/C19H17ClN4O4/c1-12-3-5-15(17(9-12)24(26)27)21-19(25)16-7-8-23(22-16)11-28-18-6-4-14(20)10-13(18)2/h3-10H,11H2,1-2H3,(H,21,25). The van der Waals surface area contributed by atoms with Gasteiger partial charge in [0.15, 0.2) is 12.4 Å². The predicted octanol–water partition coefficient (Wildman–Crippen LogP) is 4.35. The van der Waals surface area contributed by atoms with Crippen molar-refractivity contribution < 1.29 is 14.5 Å². The van der Waals surface area contributed by atoms with Crippen LogP contribution in [0.2, 0.25) is 5.02 Å². The molecule has 0 saturated heterocycles. The molecule has 3 rings (SSSR count). The first kappa shape index (κ1) is 19.4. The molecule has 1 N–H and O–H groups in total. The highest BCUT2D eigenvalue weighted by Gasteiger charge is 2.18. The maximum atomic E-state index is 12.4. The molecule has 1 heterocycles. The number of nitrogens with one attached hydrogen (secondary N) is 1. The Kier molecular flexibility index (Phi) is 5.60. The van der Waals surface area contributed by atoms with Crippen LogP contribution in [0.3, 0.4) is 0 Å². The Morgan fingerprint density at radius 2 is 2.04 bits per heavy atom. The molecule has 0 fully saturated rings. The van der Waals surface area contributed by atoms with E-state index < -0.39 is 10.8 Å². The van der Waals surface area contributed by atoms with Gasteiger partial charge in [0.2, 0.25) is 0 Å². The topological polar surface area (TPSA) is 99.3 Å². The van der Waals surface area contributed by atoms with E-state index in [0.717, 1.165) is 11.1 Å². The summed E-state index contributed by atoms with van der Waals surface area (Å²) in [6, 6.07) is 11.3. The SMILES string of the molecule is Cc1ccc(NC(=O)c2ccn(COc3ccc(Cl)cc3C)n2)c([N+](=O)[O-])c1. The monoisotopic (exact) mass is 400 g/mol. The highest BCUT2D eigenvalue weighted by atomic mass is 35.5. The number of nitrogens with zero attached hydrogens (tertiary/aromatic N) is 3. The lowest BCUT2D eigenvalue weighted by Gasteiger charge is -2.09. The summed E-state index contributed by atoms with van der Waals surface area (Å²) in [6.45, 7) is 3.71. The molecule has 0 aliphatic carbocycles. The van der Waals surface area contributed by atoms with Crippen molar-refractivity contribution in [2.24, 2.45) is 0 Å². The van der Waals surface area contributed by atoms with Crippen LogP contribution in [0, 0.1) is 24.0 Å². The Morgan fingerprint density at radius 1 is 1.25 bits per heavy atom. The Bertz CT molecular complexity index is 1050. The summed E-state index contributed by atoms with van der Waals surface area (Å²) in [7, 11) is 0. The third-order valence-corrected chi connectivity index (χ3v) is 4.20. The zero-order valence-corrected chi connectivity index (χ0v) is 15.9. The summed E-state index contributed by atoms with van der Waals surface area (Å²) < 4.78 is 7.12. The number of amides is 1. The minimum atomic E-state index is -0.548. The first-order valence-electron chi connectivity index (χ1n) is 8.32. The quantitative estimate of drug-likeness (QED) is 0.489. The number of benzene rings is 2. The molecular weight excluding hydrogens is 384 g/mol. The van der Waals surface area contributed by atoms with Crippen molar-refractivity contribution in [3.63, 3.8) is 0 Å². The van der Waals surface area contributed by atoms with Crippen molar-refractivity contribution in [2.45, 2.75) is 20.6 Å². The molecule has 3 aromatic rings. The van der Waals surface area contributed by atoms with Gasteiger partial charge in [0.1, 0.15) is 11.4 Å². The number of nitro benzene ring substituents is 1. The van der Waals surface area contributed by atoms with Gasteiger partial charge in [-0.2, -0.15) is 5.10 Å². The maximum absolute atomic E-state index is 12.4. The van der Waals surface area contributed by atoms with Gasteiger partial charge in [-0.1, -0.05) is 17.7 Å². The van der Waals surface area contributed by atoms with Crippen LogP contribution in [0.15, 0.2) is 48.7 Å². The number of carbonyl (C=O) groups excluding carboxylic acids is 1. The summed E-state index contributed by atoms with van der Waals surface area (Å²) >= 11 is 5.92. The second-order valence-corrected chi connectivity index (χ2v) is 6.59. The van der Waals surface area contributed by atoms with Gasteiger partial charge in [-0.3, -0.25) is 14.9 Å². The number of aryl methyl sites for hydroxylation is 2. The number of halogens is 1. The highest BCUT2D eigenvalue weighted by Crippen LogP contribution is 2.26. The molecule has 144 valence electrons. The van der Waals surface area contributed by atoms with Gasteiger partial charge in [-0.05, 0) is 55.3 Å². The molecule has 0 saturated carbocycles. The van der Waals surface area contributed by atoms with Crippen LogP contribution in [0.1, 0.15) is 21.6 Å². The Labute approximate surface area is 165 Å². The van der Waals surface area contributed by atoms with Crippen molar-refractivity contribution in [1.82, 2.24) is 9.78 Å². The summed E-state index contributed by atoms with van der Waals surface area (Å²) in [5.74, 6) is 0.106. The average molecular weight is 401 g/mol. The molecule has 0 unspecified atom stereocenters. The molecular formula is C19H17ClN4O4. The summed E-state index contributed by atoms with van der Waals surface area (Å²) in [4.78, 5) is 23.0.